The second-order valence-corrected chi connectivity index (χ2v) is 6.52. The summed E-state index contributed by atoms with van der Waals surface area (Å²) in [5.74, 6) is 1.28. The molecular weight excluding hydrogens is 294 g/mol. The summed E-state index contributed by atoms with van der Waals surface area (Å²) >= 11 is 0. The lowest BCUT2D eigenvalue weighted by Crippen LogP contribution is -2.41. The van der Waals surface area contributed by atoms with Gasteiger partial charge in [0.15, 0.2) is 5.96 Å². The van der Waals surface area contributed by atoms with E-state index in [-0.39, 0.29) is 18.6 Å². The van der Waals surface area contributed by atoms with E-state index in [2.05, 4.69) is 24.5 Å². The first-order valence-corrected chi connectivity index (χ1v) is 9.01. The van der Waals surface area contributed by atoms with Gasteiger partial charge in [0.1, 0.15) is 0 Å². The minimum absolute atomic E-state index is 0.0228. The van der Waals surface area contributed by atoms with E-state index in [1.54, 1.807) is 0 Å². The summed E-state index contributed by atoms with van der Waals surface area (Å²) in [4.78, 5) is 4.72. The molecule has 0 bridgehead atoms. The molecule has 6 nitrogen and oxygen atoms in total. The predicted octanol–water partition coefficient (Wildman–Crippen LogP) is 1.13. The Bertz CT molecular complexity index is 325. The zero-order chi connectivity index (χ0) is 17.0. The molecule has 1 heterocycles. The molecule has 23 heavy (non-hydrogen) atoms. The van der Waals surface area contributed by atoms with Crippen LogP contribution < -0.4 is 10.6 Å². The Morgan fingerprint density at radius 2 is 2.04 bits per heavy atom. The van der Waals surface area contributed by atoms with Gasteiger partial charge < -0.3 is 25.6 Å². The number of aliphatic imine (C=N–C) groups is 1. The quantitative estimate of drug-likeness (QED) is 0.337. The van der Waals surface area contributed by atoms with Crippen LogP contribution in [0.15, 0.2) is 4.99 Å². The van der Waals surface area contributed by atoms with Gasteiger partial charge >= 0.3 is 0 Å². The average Bonchev–Trinajstić information content (AvgIpc) is 2.99. The highest BCUT2D eigenvalue weighted by Gasteiger charge is 2.34. The summed E-state index contributed by atoms with van der Waals surface area (Å²) in [5.41, 5.74) is -0.0228. The lowest BCUT2D eigenvalue weighted by molar-refractivity contribution is 0.131. The molecule has 1 saturated heterocycles. The molecule has 0 spiro atoms. The van der Waals surface area contributed by atoms with Crippen LogP contribution in [0.3, 0.4) is 0 Å². The number of aliphatic hydroxyl groups is 2. The second-order valence-electron chi connectivity index (χ2n) is 6.52. The lowest BCUT2D eigenvalue weighted by Gasteiger charge is -2.25. The molecule has 0 aromatic heterocycles. The van der Waals surface area contributed by atoms with Crippen LogP contribution in [0.4, 0.5) is 0 Å². The molecule has 6 heteroatoms. The maximum atomic E-state index is 9.30. The van der Waals surface area contributed by atoms with Gasteiger partial charge in [-0.1, -0.05) is 13.3 Å². The SMILES string of the molecule is CCCC(CCO)CNC(=NCC1(CCO)CCOC1)NCC. The first kappa shape index (κ1) is 20.2. The Labute approximate surface area is 140 Å². The number of nitrogens with zero attached hydrogens (tertiary/aromatic N) is 1. The van der Waals surface area contributed by atoms with E-state index in [1.807, 2.05) is 0 Å². The summed E-state index contributed by atoms with van der Waals surface area (Å²) in [6.07, 6.45) is 4.74. The molecule has 2 atom stereocenters. The Morgan fingerprint density at radius 3 is 2.61 bits per heavy atom. The summed E-state index contributed by atoms with van der Waals surface area (Å²) in [6.45, 7) is 8.38. The zero-order valence-electron chi connectivity index (χ0n) is 14.8. The third-order valence-electron chi connectivity index (χ3n) is 4.54. The summed E-state index contributed by atoms with van der Waals surface area (Å²) in [7, 11) is 0. The number of aliphatic hydroxyl groups excluding tert-OH is 2. The molecule has 2 unspecified atom stereocenters. The number of rotatable bonds is 11. The standard InChI is InChI=1S/C17H35N3O3/c1-3-5-15(6-9-21)12-19-16(18-4-2)20-13-17(7-10-22)8-11-23-14-17/h15,21-22H,3-14H2,1-2H3,(H2,18,19,20). The third kappa shape index (κ3) is 7.50. The average molecular weight is 329 g/mol. The maximum Gasteiger partial charge on any atom is 0.191 e. The maximum absolute atomic E-state index is 9.30. The van der Waals surface area contributed by atoms with Gasteiger partial charge in [0.2, 0.25) is 0 Å². The molecular formula is C17H35N3O3. The van der Waals surface area contributed by atoms with Crippen LogP contribution in [-0.4, -0.2) is 62.2 Å². The number of nitrogens with one attached hydrogen (secondary N) is 2. The van der Waals surface area contributed by atoms with E-state index in [9.17, 15) is 5.11 Å². The van der Waals surface area contributed by atoms with E-state index < -0.39 is 0 Å². The second kappa shape index (κ2) is 11.6. The van der Waals surface area contributed by atoms with Crippen molar-refractivity contribution in [3.05, 3.63) is 0 Å². The molecule has 0 aliphatic carbocycles. The van der Waals surface area contributed by atoms with Gasteiger partial charge in [0.05, 0.1) is 13.2 Å². The van der Waals surface area contributed by atoms with Gasteiger partial charge in [-0.2, -0.15) is 0 Å². The zero-order valence-corrected chi connectivity index (χ0v) is 14.8. The molecule has 1 rings (SSSR count). The van der Waals surface area contributed by atoms with Crippen LogP contribution in [0, 0.1) is 11.3 Å². The number of hydrogen-bond donors (Lipinski definition) is 4. The molecule has 0 aromatic carbocycles. The van der Waals surface area contributed by atoms with Crippen molar-refractivity contribution in [3.8, 4) is 0 Å². The van der Waals surface area contributed by atoms with Crippen LogP contribution in [0.1, 0.15) is 46.0 Å². The van der Waals surface area contributed by atoms with Crippen molar-refractivity contribution >= 4 is 5.96 Å². The molecule has 0 aromatic rings. The van der Waals surface area contributed by atoms with Crippen molar-refractivity contribution in [3.63, 3.8) is 0 Å². The van der Waals surface area contributed by atoms with E-state index in [1.165, 1.54) is 0 Å². The van der Waals surface area contributed by atoms with Crippen LogP contribution in [0.2, 0.25) is 0 Å². The predicted molar refractivity (Wildman–Crippen MR) is 93.7 cm³/mol. The molecule has 1 aliphatic rings. The molecule has 0 radical (unpaired) electrons. The normalized spacial score (nSPS) is 23.0. The van der Waals surface area contributed by atoms with Gasteiger partial charge in [-0.05, 0) is 38.5 Å². The van der Waals surface area contributed by atoms with Gasteiger partial charge in [-0.3, -0.25) is 4.99 Å². The largest absolute Gasteiger partial charge is 0.396 e. The van der Waals surface area contributed by atoms with Crippen LogP contribution in [-0.2, 0) is 4.74 Å². The van der Waals surface area contributed by atoms with E-state index >= 15 is 0 Å². The molecule has 0 amide bonds. The minimum Gasteiger partial charge on any atom is -0.396 e. The van der Waals surface area contributed by atoms with Gasteiger partial charge in [-0.25, -0.2) is 0 Å². The molecule has 1 fully saturated rings. The number of ether oxygens (including phenoxy) is 1. The monoisotopic (exact) mass is 329 g/mol. The topological polar surface area (TPSA) is 86.1 Å². The fraction of sp³-hybridized carbons (Fsp3) is 0.941. The third-order valence-corrected chi connectivity index (χ3v) is 4.54. The summed E-state index contributed by atoms with van der Waals surface area (Å²) in [5, 5.41) is 25.1. The highest BCUT2D eigenvalue weighted by Crippen LogP contribution is 2.32. The van der Waals surface area contributed by atoms with Gasteiger partial charge in [-0.15, -0.1) is 0 Å². The minimum atomic E-state index is -0.0228. The van der Waals surface area contributed by atoms with Crippen molar-refractivity contribution in [1.29, 1.82) is 0 Å². The smallest absolute Gasteiger partial charge is 0.191 e. The fourth-order valence-corrected chi connectivity index (χ4v) is 3.06. The molecule has 136 valence electrons. The Morgan fingerprint density at radius 1 is 1.22 bits per heavy atom. The summed E-state index contributed by atoms with van der Waals surface area (Å²) < 4.78 is 5.52. The van der Waals surface area contributed by atoms with Crippen molar-refractivity contribution in [2.45, 2.75) is 46.0 Å². The number of hydrogen-bond acceptors (Lipinski definition) is 4. The number of guanidine groups is 1. The van der Waals surface area contributed by atoms with Crippen LogP contribution >= 0.6 is 0 Å². The lowest BCUT2D eigenvalue weighted by atomic mass is 9.84. The molecule has 0 saturated carbocycles. The van der Waals surface area contributed by atoms with Gasteiger partial charge in [0, 0.05) is 38.3 Å². The summed E-state index contributed by atoms with van der Waals surface area (Å²) in [6, 6.07) is 0. The Kier molecular flexibility index (Phi) is 10.2. The fourth-order valence-electron chi connectivity index (χ4n) is 3.06. The van der Waals surface area contributed by atoms with Crippen molar-refractivity contribution in [2.24, 2.45) is 16.3 Å². The highest BCUT2D eigenvalue weighted by molar-refractivity contribution is 5.79. The van der Waals surface area contributed by atoms with E-state index in [4.69, 9.17) is 14.8 Å². The first-order valence-electron chi connectivity index (χ1n) is 9.01. The van der Waals surface area contributed by atoms with E-state index in [0.717, 1.165) is 57.8 Å². The first-order chi connectivity index (χ1) is 11.2. The van der Waals surface area contributed by atoms with E-state index in [0.29, 0.717) is 19.1 Å². The Balaban J connectivity index is 2.57. The van der Waals surface area contributed by atoms with Gasteiger partial charge in [0.25, 0.3) is 0 Å². The highest BCUT2D eigenvalue weighted by atomic mass is 16.5. The molecule has 4 N–H and O–H groups in total. The van der Waals surface area contributed by atoms with Crippen LogP contribution in [0.5, 0.6) is 0 Å². The Hall–Kier alpha value is -0.850. The van der Waals surface area contributed by atoms with Crippen molar-refractivity contribution < 1.29 is 14.9 Å². The molecule has 1 aliphatic heterocycles. The van der Waals surface area contributed by atoms with Crippen molar-refractivity contribution in [2.75, 3.05) is 46.1 Å². The van der Waals surface area contributed by atoms with Crippen LogP contribution in [0.25, 0.3) is 0 Å². The van der Waals surface area contributed by atoms with Crippen molar-refractivity contribution in [1.82, 2.24) is 10.6 Å².